The minimum absolute atomic E-state index is 0.263. The van der Waals surface area contributed by atoms with E-state index in [1.54, 1.807) is 7.11 Å². The first-order valence-corrected chi connectivity index (χ1v) is 7.32. The molecule has 4 rings (SSSR count). The van der Waals surface area contributed by atoms with E-state index >= 15 is 0 Å². The first-order chi connectivity index (χ1) is 9.86. The lowest BCUT2D eigenvalue weighted by atomic mass is 9.86. The molecule has 0 aromatic heterocycles. The van der Waals surface area contributed by atoms with Gasteiger partial charge in [-0.15, -0.1) is 0 Å². The molecule has 0 N–H and O–H groups in total. The molecule has 1 atom stereocenters. The summed E-state index contributed by atoms with van der Waals surface area (Å²) >= 11 is 0. The average molecular weight is 262 g/mol. The zero-order chi connectivity index (χ0) is 13.5. The van der Waals surface area contributed by atoms with Gasteiger partial charge in [0.1, 0.15) is 0 Å². The van der Waals surface area contributed by atoms with Crippen molar-refractivity contribution in [2.24, 2.45) is 0 Å². The van der Waals surface area contributed by atoms with Gasteiger partial charge in [0.05, 0.1) is 6.10 Å². The Hall–Kier alpha value is -1.86. The predicted octanol–water partition coefficient (Wildman–Crippen LogP) is 2.43. The van der Waals surface area contributed by atoms with Crippen LogP contribution in [0.5, 0.6) is 0 Å². The van der Waals surface area contributed by atoms with Gasteiger partial charge >= 0.3 is 0 Å². The fraction of sp³-hybridized carbons (Fsp3) is 0.263. The molecule has 0 spiro atoms. The fourth-order valence-corrected chi connectivity index (χ4v) is 3.48. The van der Waals surface area contributed by atoms with E-state index in [0.29, 0.717) is 0 Å². The van der Waals surface area contributed by atoms with E-state index in [-0.39, 0.29) is 6.10 Å². The van der Waals surface area contributed by atoms with Crippen LogP contribution in [0.1, 0.15) is 17.5 Å². The van der Waals surface area contributed by atoms with E-state index in [0.717, 1.165) is 19.3 Å². The molecule has 100 valence electrons. The Morgan fingerprint density at radius 2 is 1.85 bits per heavy atom. The van der Waals surface area contributed by atoms with Crippen molar-refractivity contribution in [1.82, 2.24) is 0 Å². The lowest BCUT2D eigenvalue weighted by molar-refractivity contribution is 0.143. The molecule has 0 radical (unpaired) electrons. The summed E-state index contributed by atoms with van der Waals surface area (Å²) in [5.74, 6) is 0. The third-order valence-corrected chi connectivity index (χ3v) is 4.56. The zero-order valence-corrected chi connectivity index (χ0v) is 11.7. The molecule has 0 amide bonds. The van der Waals surface area contributed by atoms with Crippen LogP contribution in [-0.4, -0.2) is 13.2 Å². The second kappa shape index (κ2) is 4.60. The van der Waals surface area contributed by atoms with Crippen LogP contribution in [-0.2, 0) is 17.6 Å². The summed E-state index contributed by atoms with van der Waals surface area (Å²) in [6.07, 6.45) is 8.20. The van der Waals surface area contributed by atoms with Gasteiger partial charge in [-0.3, -0.25) is 0 Å². The maximum Gasteiger partial charge on any atom is 0.0764 e. The minimum atomic E-state index is 0.263. The van der Waals surface area contributed by atoms with Crippen molar-refractivity contribution in [3.05, 3.63) is 58.0 Å². The maximum atomic E-state index is 5.54. The van der Waals surface area contributed by atoms with E-state index in [4.69, 9.17) is 4.74 Å². The van der Waals surface area contributed by atoms with E-state index in [1.165, 1.54) is 32.7 Å². The van der Waals surface area contributed by atoms with Crippen molar-refractivity contribution in [2.75, 3.05) is 7.11 Å². The molecule has 0 aliphatic heterocycles. The first-order valence-electron chi connectivity index (χ1n) is 7.32. The smallest absolute Gasteiger partial charge is 0.0764 e. The van der Waals surface area contributed by atoms with Gasteiger partial charge in [0.2, 0.25) is 0 Å². The van der Waals surface area contributed by atoms with E-state index in [1.807, 2.05) is 0 Å². The van der Waals surface area contributed by atoms with Crippen molar-refractivity contribution in [3.63, 3.8) is 0 Å². The molecule has 20 heavy (non-hydrogen) atoms. The summed E-state index contributed by atoms with van der Waals surface area (Å²) in [6.45, 7) is 0. The molecule has 2 aromatic rings. The summed E-state index contributed by atoms with van der Waals surface area (Å²) in [5, 5.41) is 2.80. The zero-order valence-electron chi connectivity index (χ0n) is 11.7. The van der Waals surface area contributed by atoms with Crippen molar-refractivity contribution >= 4 is 12.2 Å². The summed E-state index contributed by atoms with van der Waals surface area (Å²) in [4.78, 5) is 0. The van der Waals surface area contributed by atoms with Gasteiger partial charge in [-0.05, 0) is 58.0 Å². The van der Waals surface area contributed by atoms with Gasteiger partial charge in [0.15, 0.2) is 0 Å². The summed E-state index contributed by atoms with van der Waals surface area (Å²) in [7, 11) is 1.81. The van der Waals surface area contributed by atoms with E-state index < -0.39 is 0 Å². The van der Waals surface area contributed by atoms with Crippen molar-refractivity contribution < 1.29 is 4.74 Å². The minimum Gasteiger partial charge on any atom is -0.377 e. The van der Waals surface area contributed by atoms with Crippen LogP contribution < -0.4 is 10.4 Å². The Morgan fingerprint density at radius 1 is 0.950 bits per heavy atom. The Morgan fingerprint density at radius 3 is 2.75 bits per heavy atom. The molecule has 1 heteroatoms. The molecular weight excluding hydrogens is 244 g/mol. The molecule has 2 aromatic carbocycles. The largest absolute Gasteiger partial charge is 0.377 e. The highest BCUT2D eigenvalue weighted by atomic mass is 16.5. The summed E-state index contributed by atoms with van der Waals surface area (Å²) in [5.41, 5.74) is 5.66. The van der Waals surface area contributed by atoms with Crippen LogP contribution >= 0.6 is 0 Å². The van der Waals surface area contributed by atoms with Gasteiger partial charge in [0.25, 0.3) is 0 Å². The molecule has 0 bridgehead atoms. The van der Waals surface area contributed by atoms with E-state index in [2.05, 4.69) is 48.6 Å². The van der Waals surface area contributed by atoms with Crippen molar-refractivity contribution in [3.8, 4) is 11.1 Å². The molecule has 0 saturated carbocycles. The third-order valence-electron chi connectivity index (χ3n) is 4.56. The number of ether oxygens (including phenoxy) is 1. The number of hydrogen-bond donors (Lipinski definition) is 0. The molecule has 2 aliphatic carbocycles. The van der Waals surface area contributed by atoms with Crippen LogP contribution in [0.4, 0.5) is 0 Å². The number of benzene rings is 2. The standard InChI is InChI=1S/C19H18O/c1-20-15-9-6-14-8-10-17-16-5-3-2-4-13(16)7-11-18(17)19(14)12-15/h2-5,8,10-12,15H,6-7,9H2,1H3. The normalized spacial score (nSPS) is 19.1. The molecule has 1 nitrogen and oxygen atoms in total. The molecule has 2 aliphatic rings. The van der Waals surface area contributed by atoms with Crippen LogP contribution in [0.15, 0.2) is 36.4 Å². The molecular formula is C19H18O. The SMILES string of the molecule is COC1C=c2c(ccc3c2=CCc2ccccc2-3)CC1. The molecule has 1 unspecified atom stereocenters. The van der Waals surface area contributed by atoms with Crippen molar-refractivity contribution in [1.29, 1.82) is 0 Å². The van der Waals surface area contributed by atoms with Gasteiger partial charge in [-0.1, -0.05) is 42.5 Å². The summed E-state index contributed by atoms with van der Waals surface area (Å²) < 4.78 is 5.54. The van der Waals surface area contributed by atoms with Gasteiger partial charge in [-0.2, -0.15) is 0 Å². The van der Waals surface area contributed by atoms with Gasteiger partial charge in [-0.25, -0.2) is 0 Å². The fourth-order valence-electron chi connectivity index (χ4n) is 3.48. The monoisotopic (exact) mass is 262 g/mol. The van der Waals surface area contributed by atoms with Gasteiger partial charge in [0, 0.05) is 7.11 Å². The quantitative estimate of drug-likeness (QED) is 0.767. The van der Waals surface area contributed by atoms with Crippen LogP contribution in [0.2, 0.25) is 0 Å². The lowest BCUT2D eigenvalue weighted by Gasteiger charge is -2.21. The van der Waals surface area contributed by atoms with E-state index in [9.17, 15) is 0 Å². The lowest BCUT2D eigenvalue weighted by Crippen LogP contribution is -2.37. The van der Waals surface area contributed by atoms with Crippen molar-refractivity contribution in [2.45, 2.75) is 25.4 Å². The number of aryl methyl sites for hydroxylation is 1. The van der Waals surface area contributed by atoms with Crippen LogP contribution in [0.25, 0.3) is 23.3 Å². The number of methoxy groups -OCH3 is 1. The highest BCUT2D eigenvalue weighted by Crippen LogP contribution is 2.24. The summed E-state index contributed by atoms with van der Waals surface area (Å²) in [6, 6.07) is 13.3. The topological polar surface area (TPSA) is 9.23 Å². The Kier molecular flexibility index (Phi) is 2.75. The molecule has 0 saturated heterocycles. The third kappa shape index (κ3) is 1.74. The molecule has 0 heterocycles. The number of rotatable bonds is 1. The Balaban J connectivity index is 2.02. The molecule has 0 fully saturated rings. The maximum absolute atomic E-state index is 5.54. The van der Waals surface area contributed by atoms with Gasteiger partial charge < -0.3 is 4.74 Å². The van der Waals surface area contributed by atoms with Crippen LogP contribution in [0.3, 0.4) is 0 Å². The number of fused-ring (bicyclic) bond motifs is 5. The highest BCUT2D eigenvalue weighted by Gasteiger charge is 2.16. The first kappa shape index (κ1) is 11.9. The Bertz CT molecular complexity index is 786. The van der Waals surface area contributed by atoms with Crippen LogP contribution in [0, 0.1) is 0 Å². The second-order valence-electron chi connectivity index (χ2n) is 5.64. The highest BCUT2D eigenvalue weighted by molar-refractivity contribution is 5.74. The number of hydrogen-bond acceptors (Lipinski definition) is 1. The Labute approximate surface area is 119 Å². The average Bonchev–Trinajstić information content (AvgIpc) is 2.53. The predicted molar refractivity (Wildman–Crippen MR) is 82.9 cm³/mol. The second-order valence-corrected chi connectivity index (χ2v) is 5.64.